The molecule has 0 spiro atoms. The molecule has 0 N–H and O–H groups in total. The van der Waals surface area contributed by atoms with Gasteiger partial charge in [0.25, 0.3) is 5.69 Å². The Morgan fingerprint density at radius 3 is 2.38 bits per heavy atom. The average molecular weight is 415 g/mol. The highest BCUT2D eigenvalue weighted by molar-refractivity contribution is 9.11. The Kier molecular flexibility index (Phi) is 5.08. The van der Waals surface area contributed by atoms with E-state index in [0.29, 0.717) is 25.8 Å². The number of nitro groups is 1. The molecule has 0 heterocycles. The number of carbonyl (C=O) groups is 1. The molecule has 2 rings (SSSR count). The highest BCUT2D eigenvalue weighted by Gasteiger charge is 2.15. The van der Waals surface area contributed by atoms with Gasteiger partial charge in [-0.05, 0) is 50.1 Å². The lowest BCUT2D eigenvalue weighted by atomic mass is 10.2. The molecule has 0 aliphatic carbocycles. The van der Waals surface area contributed by atoms with Crippen molar-refractivity contribution in [2.75, 3.05) is 0 Å². The van der Waals surface area contributed by atoms with Crippen molar-refractivity contribution >= 4 is 43.8 Å². The van der Waals surface area contributed by atoms with E-state index in [-0.39, 0.29) is 12.3 Å². The summed E-state index contributed by atoms with van der Waals surface area (Å²) in [6.07, 6.45) is 0.724. The summed E-state index contributed by atoms with van der Waals surface area (Å²) in [6.45, 7) is 0.0504. The third-order valence-corrected chi connectivity index (χ3v) is 3.90. The number of halogens is 2. The number of hydrogen-bond acceptors (Lipinski definition) is 4. The molecule has 0 aliphatic heterocycles. The van der Waals surface area contributed by atoms with E-state index in [1.165, 1.54) is 6.07 Å². The Morgan fingerprint density at radius 1 is 1.19 bits per heavy atom. The van der Waals surface area contributed by atoms with Crippen LogP contribution < -0.4 is 4.74 Å². The molecule has 0 unspecified atom stereocenters. The van der Waals surface area contributed by atoms with Crippen LogP contribution >= 0.6 is 31.9 Å². The second-order valence-electron chi connectivity index (χ2n) is 4.11. The van der Waals surface area contributed by atoms with Gasteiger partial charge < -0.3 is 4.74 Å². The predicted molar refractivity (Wildman–Crippen MR) is 84.7 cm³/mol. The molecule has 2 aromatic carbocycles. The van der Waals surface area contributed by atoms with E-state index in [1.54, 1.807) is 30.3 Å². The van der Waals surface area contributed by atoms with Gasteiger partial charge in [-0.25, -0.2) is 0 Å². The fourth-order valence-corrected chi connectivity index (χ4v) is 3.20. The molecule has 0 bridgehead atoms. The Balaban J connectivity index is 2.25. The van der Waals surface area contributed by atoms with Crippen molar-refractivity contribution in [3.05, 3.63) is 66.6 Å². The maximum atomic E-state index is 10.9. The zero-order chi connectivity index (χ0) is 15.4. The van der Waals surface area contributed by atoms with Crippen molar-refractivity contribution in [3.8, 4) is 5.75 Å². The van der Waals surface area contributed by atoms with Crippen LogP contribution in [-0.4, -0.2) is 11.2 Å². The van der Waals surface area contributed by atoms with Crippen LogP contribution in [0.15, 0.2) is 45.3 Å². The number of para-hydroxylation sites is 1. The number of nitro benzene ring substituents is 1. The molecule has 5 nitrogen and oxygen atoms in total. The van der Waals surface area contributed by atoms with Crippen LogP contribution in [0.5, 0.6) is 5.75 Å². The molecule has 0 fully saturated rings. The largest absolute Gasteiger partial charge is 0.486 e. The van der Waals surface area contributed by atoms with E-state index in [2.05, 4.69) is 31.9 Å². The fourth-order valence-electron chi connectivity index (χ4n) is 1.75. The highest BCUT2D eigenvalue weighted by atomic mass is 79.9. The van der Waals surface area contributed by atoms with Gasteiger partial charge >= 0.3 is 0 Å². The van der Waals surface area contributed by atoms with E-state index < -0.39 is 4.92 Å². The van der Waals surface area contributed by atoms with Gasteiger partial charge in [0, 0.05) is 11.6 Å². The molecule has 0 aliphatic rings. The van der Waals surface area contributed by atoms with Gasteiger partial charge in [0.2, 0.25) is 0 Å². The van der Waals surface area contributed by atoms with E-state index in [1.807, 2.05) is 0 Å². The van der Waals surface area contributed by atoms with Crippen LogP contribution in [0.1, 0.15) is 15.9 Å². The Morgan fingerprint density at radius 2 is 1.81 bits per heavy atom. The lowest BCUT2D eigenvalue weighted by molar-refractivity contribution is -0.385. The summed E-state index contributed by atoms with van der Waals surface area (Å²) in [5.41, 5.74) is 0.974. The number of hydrogen-bond donors (Lipinski definition) is 0. The van der Waals surface area contributed by atoms with Gasteiger partial charge in [0.05, 0.1) is 19.4 Å². The van der Waals surface area contributed by atoms with E-state index >= 15 is 0 Å². The lowest BCUT2D eigenvalue weighted by Crippen LogP contribution is -2.01. The fraction of sp³-hybridized carbons (Fsp3) is 0.0714. The van der Waals surface area contributed by atoms with Gasteiger partial charge in [-0.3, -0.25) is 14.9 Å². The molecule has 7 heteroatoms. The minimum absolute atomic E-state index is 0.00857. The van der Waals surface area contributed by atoms with Crippen molar-refractivity contribution in [2.24, 2.45) is 0 Å². The van der Waals surface area contributed by atoms with Crippen LogP contribution in [0.4, 0.5) is 5.69 Å². The van der Waals surface area contributed by atoms with Gasteiger partial charge in [0.15, 0.2) is 0 Å². The summed E-state index contributed by atoms with van der Waals surface area (Å²) in [5.74, 6) is 0.485. The standard InChI is InChI=1S/C14H9Br2NO4/c15-11-5-9(7-18)6-12(16)14(11)21-8-10-3-1-2-4-13(10)17(19)20/h1-7H,8H2. The third-order valence-electron chi connectivity index (χ3n) is 2.72. The molecule has 0 aromatic heterocycles. The SMILES string of the molecule is O=Cc1cc(Br)c(OCc2ccccc2[N+](=O)[O-])c(Br)c1. The number of ether oxygens (including phenoxy) is 1. The zero-order valence-corrected chi connectivity index (χ0v) is 13.8. The molecule has 21 heavy (non-hydrogen) atoms. The number of aldehydes is 1. The Hall–Kier alpha value is -1.73. The van der Waals surface area contributed by atoms with E-state index in [4.69, 9.17) is 4.74 Å². The normalized spacial score (nSPS) is 10.2. The first-order valence-electron chi connectivity index (χ1n) is 5.82. The number of benzene rings is 2. The minimum Gasteiger partial charge on any atom is -0.486 e. The summed E-state index contributed by atoms with van der Waals surface area (Å²) >= 11 is 6.62. The quantitative estimate of drug-likeness (QED) is 0.410. The van der Waals surface area contributed by atoms with Crippen molar-refractivity contribution in [1.82, 2.24) is 0 Å². The Labute approximate surface area is 137 Å². The molecular formula is C14H9Br2NO4. The molecule has 108 valence electrons. The minimum atomic E-state index is -0.446. The molecule has 0 amide bonds. The van der Waals surface area contributed by atoms with Crippen LogP contribution in [0.3, 0.4) is 0 Å². The second-order valence-corrected chi connectivity index (χ2v) is 5.81. The molecule has 0 saturated carbocycles. The lowest BCUT2D eigenvalue weighted by Gasteiger charge is -2.11. The van der Waals surface area contributed by atoms with Gasteiger partial charge in [-0.2, -0.15) is 0 Å². The number of carbonyl (C=O) groups excluding carboxylic acids is 1. The Bertz CT molecular complexity index is 680. The summed E-state index contributed by atoms with van der Waals surface area (Å²) in [4.78, 5) is 21.3. The summed E-state index contributed by atoms with van der Waals surface area (Å²) in [7, 11) is 0. The maximum absolute atomic E-state index is 10.9. The number of rotatable bonds is 5. The zero-order valence-electron chi connectivity index (χ0n) is 10.6. The second kappa shape index (κ2) is 6.82. The monoisotopic (exact) mass is 413 g/mol. The molecule has 2 aromatic rings. The maximum Gasteiger partial charge on any atom is 0.276 e. The van der Waals surface area contributed by atoms with Crippen LogP contribution in [0.2, 0.25) is 0 Å². The predicted octanol–water partition coefficient (Wildman–Crippen LogP) is 4.51. The van der Waals surface area contributed by atoms with Crippen molar-refractivity contribution in [2.45, 2.75) is 6.61 Å². The molecular weight excluding hydrogens is 406 g/mol. The summed E-state index contributed by atoms with van der Waals surface area (Å²) in [5, 5.41) is 10.9. The smallest absolute Gasteiger partial charge is 0.276 e. The average Bonchev–Trinajstić information content (AvgIpc) is 2.46. The number of nitrogens with zero attached hydrogens (tertiary/aromatic N) is 1. The topological polar surface area (TPSA) is 69.4 Å². The first-order chi connectivity index (χ1) is 10.0. The molecule has 0 atom stereocenters. The van der Waals surface area contributed by atoms with Gasteiger partial charge in [-0.1, -0.05) is 12.1 Å². The van der Waals surface area contributed by atoms with Gasteiger partial charge in [0.1, 0.15) is 18.6 Å². The van der Waals surface area contributed by atoms with Crippen molar-refractivity contribution in [1.29, 1.82) is 0 Å². The summed E-state index contributed by atoms with van der Waals surface area (Å²) in [6, 6.07) is 9.62. The highest BCUT2D eigenvalue weighted by Crippen LogP contribution is 2.35. The summed E-state index contributed by atoms with van der Waals surface area (Å²) < 4.78 is 6.82. The van der Waals surface area contributed by atoms with Crippen LogP contribution in [-0.2, 0) is 6.61 Å². The van der Waals surface area contributed by atoms with Crippen molar-refractivity contribution < 1.29 is 14.5 Å². The molecule has 0 radical (unpaired) electrons. The van der Waals surface area contributed by atoms with E-state index in [0.717, 1.165) is 6.29 Å². The first-order valence-corrected chi connectivity index (χ1v) is 7.41. The molecule has 0 saturated heterocycles. The van der Waals surface area contributed by atoms with E-state index in [9.17, 15) is 14.9 Å². The third kappa shape index (κ3) is 3.68. The van der Waals surface area contributed by atoms with Crippen LogP contribution in [0, 0.1) is 10.1 Å². The van der Waals surface area contributed by atoms with Crippen molar-refractivity contribution in [3.63, 3.8) is 0 Å². The first kappa shape index (κ1) is 15.7. The van der Waals surface area contributed by atoms with Gasteiger partial charge in [-0.15, -0.1) is 0 Å². The van der Waals surface area contributed by atoms with Crippen LogP contribution in [0.25, 0.3) is 0 Å².